The number of rotatable bonds is 8. The molecule has 1 aromatic heterocycles. The van der Waals surface area contributed by atoms with E-state index >= 15 is 0 Å². The zero-order valence-electron chi connectivity index (χ0n) is 21.2. The number of hydrogen-bond acceptors (Lipinski definition) is 6. The fraction of sp³-hybridized carbons (Fsp3) is 0.320. The van der Waals surface area contributed by atoms with Crippen LogP contribution < -0.4 is 15.4 Å². The number of aromatic nitrogens is 1. The number of pyridine rings is 1. The molecule has 4 rings (SSSR count). The van der Waals surface area contributed by atoms with E-state index in [2.05, 4.69) is 15.6 Å². The molecule has 1 saturated heterocycles. The molecule has 2 atom stereocenters. The quantitative estimate of drug-likeness (QED) is 0.192. The van der Waals surface area contributed by atoms with Crippen molar-refractivity contribution in [2.24, 2.45) is 0 Å². The van der Waals surface area contributed by atoms with E-state index in [1.54, 1.807) is 46.3 Å². The summed E-state index contributed by atoms with van der Waals surface area (Å²) in [5, 5.41) is 6.58. The molecular formula is C25H22Cl8FN5O3. The third kappa shape index (κ3) is 9.89. The van der Waals surface area contributed by atoms with Crippen LogP contribution in [0.2, 0.25) is 10.0 Å². The first kappa shape index (κ1) is 35.2. The number of benzene rings is 2. The van der Waals surface area contributed by atoms with Crippen LogP contribution in [0.5, 0.6) is 11.5 Å². The Bertz CT molecular complexity index is 1320. The lowest BCUT2D eigenvalue weighted by Gasteiger charge is -2.44. The number of ether oxygens (including phenoxy) is 1. The van der Waals surface area contributed by atoms with E-state index in [-0.39, 0.29) is 5.82 Å². The van der Waals surface area contributed by atoms with E-state index in [4.69, 9.17) is 97.5 Å². The summed E-state index contributed by atoms with van der Waals surface area (Å²) in [5.41, 5.74) is 0.641. The van der Waals surface area contributed by atoms with Gasteiger partial charge in [-0.2, -0.15) is 0 Å². The average Bonchev–Trinajstić information content (AvgIpc) is 2.91. The van der Waals surface area contributed by atoms with Crippen LogP contribution in [0.15, 0.2) is 48.7 Å². The highest BCUT2D eigenvalue weighted by Gasteiger charge is 2.42. The standard InChI is InChI=1S/C15H8Cl2FNO.C10H14Cl6N4O2/c16-9-7-12(17)15-13(8-9)19-6-5-14(15)20-11-3-1-10(18)2-4-11;11-9(12,13)7(17-5-21)19-1-2-20(4-3-19)8(18-6-22)10(14,15)16/h1-8H;5-8H,1-4H2,(H,17,21)(H,18,22). The van der Waals surface area contributed by atoms with Gasteiger partial charge in [0.2, 0.25) is 20.4 Å². The van der Waals surface area contributed by atoms with Gasteiger partial charge in [0.1, 0.15) is 29.6 Å². The minimum Gasteiger partial charge on any atom is -0.457 e. The normalized spacial score (nSPS) is 16.1. The van der Waals surface area contributed by atoms with E-state index in [9.17, 15) is 14.0 Å². The van der Waals surface area contributed by atoms with Gasteiger partial charge in [0.15, 0.2) is 0 Å². The van der Waals surface area contributed by atoms with Gasteiger partial charge in [-0.1, -0.05) is 92.8 Å². The summed E-state index contributed by atoms with van der Waals surface area (Å²) < 4.78 is 15.3. The van der Waals surface area contributed by atoms with Crippen LogP contribution in [0.1, 0.15) is 0 Å². The number of carbonyl (C=O) groups is 2. The Morgan fingerprint density at radius 1 is 0.833 bits per heavy atom. The molecule has 2 amide bonds. The van der Waals surface area contributed by atoms with Gasteiger partial charge in [-0.15, -0.1) is 0 Å². The summed E-state index contributed by atoms with van der Waals surface area (Å²) >= 11 is 47.3. The zero-order valence-corrected chi connectivity index (χ0v) is 27.3. The molecular weight excluding hydrogens is 721 g/mol. The fourth-order valence-corrected chi connectivity index (χ4v) is 5.87. The predicted octanol–water partition coefficient (Wildman–Crippen LogP) is 6.96. The van der Waals surface area contributed by atoms with Crippen LogP contribution in [0.3, 0.4) is 0 Å². The maximum atomic E-state index is 12.9. The molecule has 42 heavy (non-hydrogen) atoms. The summed E-state index contributed by atoms with van der Waals surface area (Å²) in [4.78, 5) is 29.1. The van der Waals surface area contributed by atoms with Gasteiger partial charge < -0.3 is 15.4 Å². The van der Waals surface area contributed by atoms with E-state index in [0.29, 0.717) is 71.4 Å². The molecule has 1 fully saturated rings. The molecule has 1 aliphatic rings. The Morgan fingerprint density at radius 2 is 1.33 bits per heavy atom. The highest BCUT2D eigenvalue weighted by Crippen LogP contribution is 2.36. The molecule has 3 aromatic rings. The van der Waals surface area contributed by atoms with E-state index < -0.39 is 19.9 Å². The van der Waals surface area contributed by atoms with Crippen LogP contribution in [0, 0.1) is 5.82 Å². The lowest BCUT2D eigenvalue weighted by Crippen LogP contribution is -2.63. The lowest BCUT2D eigenvalue weighted by molar-refractivity contribution is -0.113. The van der Waals surface area contributed by atoms with Gasteiger partial charge in [-0.3, -0.25) is 24.4 Å². The first-order chi connectivity index (χ1) is 19.7. The maximum absolute atomic E-state index is 12.9. The summed E-state index contributed by atoms with van der Waals surface area (Å²) in [7, 11) is 0. The van der Waals surface area contributed by atoms with Gasteiger partial charge in [-0.25, -0.2) is 4.39 Å². The van der Waals surface area contributed by atoms with Gasteiger partial charge in [-0.05, 0) is 42.5 Å². The van der Waals surface area contributed by atoms with Gasteiger partial charge >= 0.3 is 0 Å². The molecule has 2 heterocycles. The second-order valence-corrected chi connectivity index (χ2v) is 14.3. The van der Waals surface area contributed by atoms with Crippen molar-refractivity contribution >= 4 is 117 Å². The Balaban J connectivity index is 0.000000231. The molecule has 8 nitrogen and oxygen atoms in total. The number of amides is 2. The average molecular weight is 743 g/mol. The van der Waals surface area contributed by atoms with Crippen LogP contribution >= 0.6 is 92.8 Å². The predicted molar refractivity (Wildman–Crippen MR) is 168 cm³/mol. The van der Waals surface area contributed by atoms with Gasteiger partial charge in [0, 0.05) is 37.4 Å². The molecule has 1 aliphatic heterocycles. The second kappa shape index (κ2) is 15.7. The molecule has 0 aliphatic carbocycles. The Labute approximate surface area is 281 Å². The van der Waals surface area contributed by atoms with E-state index in [1.807, 2.05) is 0 Å². The fourth-order valence-electron chi connectivity index (χ4n) is 4.09. The number of carbonyl (C=O) groups excluding carboxylic acids is 2. The van der Waals surface area contributed by atoms with Crippen molar-refractivity contribution in [3.8, 4) is 11.5 Å². The lowest BCUT2D eigenvalue weighted by atomic mass is 10.2. The molecule has 2 aromatic carbocycles. The first-order valence-electron chi connectivity index (χ1n) is 11.9. The molecule has 0 radical (unpaired) electrons. The number of nitrogens with one attached hydrogen (secondary N) is 2. The van der Waals surface area contributed by atoms with E-state index in [0.717, 1.165) is 0 Å². The number of fused-ring (bicyclic) bond motifs is 1. The van der Waals surface area contributed by atoms with Crippen molar-refractivity contribution in [1.29, 1.82) is 0 Å². The SMILES string of the molecule is Fc1ccc(Oc2ccnc3cc(Cl)cc(Cl)c23)cc1.O=CNC(N1CCN(C(NC=O)C(Cl)(Cl)Cl)CC1)C(Cl)(Cl)Cl. The molecule has 0 bridgehead atoms. The maximum Gasteiger partial charge on any atom is 0.223 e. The number of hydrogen-bond donors (Lipinski definition) is 2. The smallest absolute Gasteiger partial charge is 0.223 e. The highest BCUT2D eigenvalue weighted by atomic mass is 35.6. The number of alkyl halides is 6. The molecule has 2 unspecified atom stereocenters. The molecule has 2 N–H and O–H groups in total. The highest BCUT2D eigenvalue weighted by molar-refractivity contribution is 6.68. The largest absolute Gasteiger partial charge is 0.457 e. The Kier molecular flexibility index (Phi) is 13.1. The monoisotopic (exact) mass is 739 g/mol. The minimum absolute atomic E-state index is 0.318. The summed E-state index contributed by atoms with van der Waals surface area (Å²) in [6.45, 7) is 1.77. The third-order valence-electron chi connectivity index (χ3n) is 5.91. The minimum atomic E-state index is -1.68. The van der Waals surface area contributed by atoms with E-state index in [1.165, 1.54) is 12.1 Å². The van der Waals surface area contributed by atoms with Crippen molar-refractivity contribution < 1.29 is 18.7 Å². The summed E-state index contributed by atoms with van der Waals surface area (Å²) in [6.07, 6.45) is 0.992. The topological polar surface area (TPSA) is 86.8 Å². The van der Waals surface area contributed by atoms with Gasteiger partial charge in [0.25, 0.3) is 0 Å². The van der Waals surface area contributed by atoms with Crippen molar-refractivity contribution in [3.63, 3.8) is 0 Å². The third-order valence-corrected chi connectivity index (χ3v) is 7.67. The molecule has 17 heteroatoms. The number of halogens is 9. The number of piperazine rings is 1. The van der Waals surface area contributed by atoms with Gasteiger partial charge in [0.05, 0.1) is 15.9 Å². The van der Waals surface area contributed by atoms with Crippen LogP contribution in [-0.2, 0) is 9.59 Å². The van der Waals surface area contributed by atoms with Crippen LogP contribution in [0.25, 0.3) is 10.9 Å². The summed E-state index contributed by atoms with van der Waals surface area (Å²) in [5.74, 6) is 0.745. The van der Waals surface area contributed by atoms with Crippen molar-refractivity contribution in [3.05, 3.63) is 64.5 Å². The van der Waals surface area contributed by atoms with Crippen molar-refractivity contribution in [2.45, 2.75) is 19.9 Å². The Hall–Kier alpha value is -1.24. The summed E-state index contributed by atoms with van der Waals surface area (Å²) in [6, 6.07) is 10.8. The second-order valence-electron chi connectivity index (χ2n) is 8.68. The first-order valence-corrected chi connectivity index (χ1v) is 14.9. The van der Waals surface area contributed by atoms with Crippen LogP contribution in [0.4, 0.5) is 4.39 Å². The van der Waals surface area contributed by atoms with Crippen LogP contribution in [-0.4, -0.2) is 73.7 Å². The zero-order chi connectivity index (χ0) is 31.1. The molecule has 0 saturated carbocycles. The van der Waals surface area contributed by atoms with Crippen molar-refractivity contribution in [1.82, 2.24) is 25.4 Å². The Morgan fingerprint density at radius 3 is 1.79 bits per heavy atom. The molecule has 228 valence electrons. The molecule has 0 spiro atoms. The van der Waals surface area contributed by atoms with Crippen molar-refractivity contribution in [2.75, 3.05) is 26.2 Å². The number of nitrogens with zero attached hydrogens (tertiary/aromatic N) is 3.